The Morgan fingerprint density at radius 1 is 1.47 bits per heavy atom. The molecule has 7 nitrogen and oxygen atoms in total. The summed E-state index contributed by atoms with van der Waals surface area (Å²) in [6.07, 6.45) is 1.87. The van der Waals surface area contributed by atoms with Gasteiger partial charge >= 0.3 is 0 Å². The summed E-state index contributed by atoms with van der Waals surface area (Å²) < 4.78 is 0. The molecule has 104 valence electrons. The molecule has 0 bridgehead atoms. The van der Waals surface area contributed by atoms with Gasteiger partial charge in [0, 0.05) is 43.9 Å². The Balaban J connectivity index is 2.67. The first kappa shape index (κ1) is 15.0. The highest BCUT2D eigenvalue weighted by Gasteiger charge is 2.18. The molecule has 0 fully saturated rings. The van der Waals surface area contributed by atoms with Crippen molar-refractivity contribution in [2.24, 2.45) is 0 Å². The number of nitrogens with one attached hydrogen (secondary N) is 2. The van der Waals surface area contributed by atoms with E-state index in [2.05, 4.69) is 15.6 Å². The van der Waals surface area contributed by atoms with Crippen molar-refractivity contribution in [2.45, 2.75) is 26.8 Å². The van der Waals surface area contributed by atoms with Crippen LogP contribution in [0, 0.1) is 24.0 Å². The SMILES string of the molecule is CNC(=O)CCNCc1ncc(C)c([N+](=O)[O-])c1C. The molecule has 19 heavy (non-hydrogen) atoms. The number of carbonyl (C=O) groups is 1. The molecule has 0 aliphatic rings. The van der Waals surface area contributed by atoms with E-state index in [1.54, 1.807) is 20.9 Å². The fraction of sp³-hybridized carbons (Fsp3) is 0.500. The second kappa shape index (κ2) is 6.79. The Morgan fingerprint density at radius 2 is 2.16 bits per heavy atom. The zero-order valence-corrected chi connectivity index (χ0v) is 11.3. The fourth-order valence-corrected chi connectivity index (χ4v) is 1.76. The van der Waals surface area contributed by atoms with Gasteiger partial charge in [-0.2, -0.15) is 0 Å². The van der Waals surface area contributed by atoms with Gasteiger partial charge in [-0.05, 0) is 13.8 Å². The molecular formula is C12H18N4O3. The van der Waals surface area contributed by atoms with E-state index < -0.39 is 0 Å². The summed E-state index contributed by atoms with van der Waals surface area (Å²) in [4.78, 5) is 25.8. The van der Waals surface area contributed by atoms with Gasteiger partial charge in [-0.25, -0.2) is 0 Å². The van der Waals surface area contributed by atoms with Crippen LogP contribution in [0.2, 0.25) is 0 Å². The molecule has 0 saturated carbocycles. The summed E-state index contributed by atoms with van der Waals surface area (Å²) in [6, 6.07) is 0. The molecule has 0 unspecified atom stereocenters. The molecule has 0 radical (unpaired) electrons. The van der Waals surface area contributed by atoms with Gasteiger partial charge in [0.2, 0.25) is 5.91 Å². The summed E-state index contributed by atoms with van der Waals surface area (Å²) in [7, 11) is 1.58. The van der Waals surface area contributed by atoms with Crippen molar-refractivity contribution < 1.29 is 9.72 Å². The standard InChI is InChI=1S/C12H18N4O3/c1-8-6-15-10(9(2)12(8)16(18)19)7-14-5-4-11(17)13-3/h6,14H,4-5,7H2,1-3H3,(H,13,17). The summed E-state index contributed by atoms with van der Waals surface area (Å²) in [5.41, 5.74) is 1.86. The van der Waals surface area contributed by atoms with Crippen LogP contribution in [-0.2, 0) is 11.3 Å². The molecule has 7 heteroatoms. The average molecular weight is 266 g/mol. The average Bonchev–Trinajstić information content (AvgIpc) is 2.36. The van der Waals surface area contributed by atoms with E-state index >= 15 is 0 Å². The van der Waals surface area contributed by atoms with Gasteiger partial charge in [0.1, 0.15) is 0 Å². The van der Waals surface area contributed by atoms with Crippen molar-refractivity contribution in [2.75, 3.05) is 13.6 Å². The molecule has 0 spiro atoms. The molecule has 1 aromatic heterocycles. The number of nitrogens with zero attached hydrogens (tertiary/aromatic N) is 2. The second-order valence-corrected chi connectivity index (χ2v) is 4.22. The van der Waals surface area contributed by atoms with Gasteiger partial charge in [0.05, 0.1) is 10.6 Å². The van der Waals surface area contributed by atoms with Crippen molar-refractivity contribution in [3.63, 3.8) is 0 Å². The second-order valence-electron chi connectivity index (χ2n) is 4.22. The zero-order valence-electron chi connectivity index (χ0n) is 11.3. The van der Waals surface area contributed by atoms with Crippen molar-refractivity contribution in [1.82, 2.24) is 15.6 Å². The summed E-state index contributed by atoms with van der Waals surface area (Å²) in [5.74, 6) is -0.0490. The largest absolute Gasteiger partial charge is 0.359 e. The number of aryl methyl sites for hydroxylation is 1. The monoisotopic (exact) mass is 266 g/mol. The number of carbonyl (C=O) groups excluding carboxylic acids is 1. The van der Waals surface area contributed by atoms with Gasteiger partial charge in [-0.3, -0.25) is 19.9 Å². The van der Waals surface area contributed by atoms with E-state index in [4.69, 9.17) is 0 Å². The summed E-state index contributed by atoms with van der Waals surface area (Å²) in [6.45, 7) is 4.27. The number of nitro groups is 1. The third-order valence-electron chi connectivity index (χ3n) is 2.86. The molecule has 0 aliphatic carbocycles. The highest BCUT2D eigenvalue weighted by Crippen LogP contribution is 2.23. The molecule has 0 aliphatic heterocycles. The minimum atomic E-state index is -0.389. The first-order valence-corrected chi connectivity index (χ1v) is 5.98. The number of pyridine rings is 1. The van der Waals surface area contributed by atoms with Gasteiger partial charge in [0.15, 0.2) is 0 Å². The van der Waals surface area contributed by atoms with Crippen LogP contribution in [0.15, 0.2) is 6.20 Å². The van der Waals surface area contributed by atoms with Crippen LogP contribution in [0.3, 0.4) is 0 Å². The Kier molecular flexibility index (Phi) is 5.37. The highest BCUT2D eigenvalue weighted by atomic mass is 16.6. The van der Waals surface area contributed by atoms with Gasteiger partial charge in [-0.1, -0.05) is 0 Å². The molecule has 1 heterocycles. The lowest BCUT2D eigenvalue weighted by atomic mass is 10.1. The van der Waals surface area contributed by atoms with Crippen LogP contribution in [0.4, 0.5) is 5.69 Å². The Labute approximate surface area is 111 Å². The lowest BCUT2D eigenvalue weighted by molar-refractivity contribution is -0.386. The molecule has 1 amide bonds. The maximum atomic E-state index is 11.0. The normalized spacial score (nSPS) is 10.3. The smallest absolute Gasteiger partial charge is 0.278 e. The Bertz CT molecular complexity index is 488. The summed E-state index contributed by atoms with van der Waals surface area (Å²) in [5, 5.41) is 16.5. The maximum absolute atomic E-state index is 11.0. The molecule has 0 atom stereocenters. The molecule has 0 saturated heterocycles. The Hall–Kier alpha value is -2.02. The van der Waals surface area contributed by atoms with Crippen LogP contribution < -0.4 is 10.6 Å². The van der Waals surface area contributed by atoms with Gasteiger partial charge < -0.3 is 10.6 Å². The van der Waals surface area contributed by atoms with Crippen molar-refractivity contribution >= 4 is 11.6 Å². The van der Waals surface area contributed by atoms with Crippen LogP contribution in [0.1, 0.15) is 23.2 Å². The van der Waals surface area contributed by atoms with Crippen LogP contribution in [-0.4, -0.2) is 29.4 Å². The lowest BCUT2D eigenvalue weighted by Crippen LogP contribution is -2.25. The third-order valence-corrected chi connectivity index (χ3v) is 2.86. The van der Waals surface area contributed by atoms with E-state index in [9.17, 15) is 14.9 Å². The van der Waals surface area contributed by atoms with Crippen molar-refractivity contribution in [3.8, 4) is 0 Å². The summed E-state index contributed by atoms with van der Waals surface area (Å²) >= 11 is 0. The van der Waals surface area contributed by atoms with Gasteiger partial charge in [0.25, 0.3) is 5.69 Å². The van der Waals surface area contributed by atoms with Crippen molar-refractivity contribution in [1.29, 1.82) is 0 Å². The molecular weight excluding hydrogens is 248 g/mol. The van der Waals surface area contributed by atoms with Crippen LogP contribution in [0.5, 0.6) is 0 Å². The number of hydrogen-bond acceptors (Lipinski definition) is 5. The third kappa shape index (κ3) is 3.99. The van der Waals surface area contributed by atoms with Crippen LogP contribution in [0.25, 0.3) is 0 Å². The zero-order chi connectivity index (χ0) is 14.4. The number of hydrogen-bond donors (Lipinski definition) is 2. The Morgan fingerprint density at radius 3 is 2.74 bits per heavy atom. The highest BCUT2D eigenvalue weighted by molar-refractivity contribution is 5.75. The quantitative estimate of drug-likeness (QED) is 0.451. The number of amides is 1. The fourth-order valence-electron chi connectivity index (χ4n) is 1.76. The topological polar surface area (TPSA) is 97.2 Å². The predicted molar refractivity (Wildman–Crippen MR) is 70.8 cm³/mol. The van der Waals surface area contributed by atoms with Crippen LogP contribution >= 0.6 is 0 Å². The van der Waals surface area contributed by atoms with E-state index in [1.165, 1.54) is 6.20 Å². The minimum Gasteiger partial charge on any atom is -0.359 e. The number of rotatable bonds is 6. The molecule has 2 N–H and O–H groups in total. The maximum Gasteiger partial charge on any atom is 0.278 e. The minimum absolute atomic E-state index is 0.0490. The molecule has 0 aromatic carbocycles. The number of aromatic nitrogens is 1. The van der Waals surface area contributed by atoms with Crippen molar-refractivity contribution in [3.05, 3.63) is 33.1 Å². The van der Waals surface area contributed by atoms with E-state index in [0.717, 1.165) is 0 Å². The first-order chi connectivity index (χ1) is 8.97. The molecule has 1 rings (SSSR count). The molecule has 1 aromatic rings. The van der Waals surface area contributed by atoms with E-state index in [1.807, 2.05) is 0 Å². The van der Waals surface area contributed by atoms with Gasteiger partial charge in [-0.15, -0.1) is 0 Å². The lowest BCUT2D eigenvalue weighted by Gasteiger charge is -2.08. The van der Waals surface area contributed by atoms with E-state index in [0.29, 0.717) is 36.3 Å². The first-order valence-electron chi connectivity index (χ1n) is 5.98. The van der Waals surface area contributed by atoms with E-state index in [-0.39, 0.29) is 16.5 Å². The predicted octanol–water partition coefficient (Wildman–Crippen LogP) is 0.832.